The Labute approximate surface area is 148 Å². The number of carbonyl (C=O) groups is 1. The fourth-order valence-corrected chi connectivity index (χ4v) is 3.10. The average Bonchev–Trinajstić information content (AvgIpc) is 3.25. The number of hydrogen-bond donors (Lipinski definition) is 2. The molecule has 2 heterocycles. The largest absolute Gasteiger partial charge is 0.468 e. The van der Waals surface area contributed by atoms with Crippen LogP contribution in [-0.2, 0) is 11.2 Å². The lowest BCUT2D eigenvalue weighted by Crippen LogP contribution is -2.34. The quantitative estimate of drug-likeness (QED) is 0.660. The van der Waals surface area contributed by atoms with E-state index in [9.17, 15) is 4.79 Å². The van der Waals surface area contributed by atoms with Crippen LogP contribution in [0.5, 0.6) is 0 Å². The molecule has 0 bridgehead atoms. The van der Waals surface area contributed by atoms with Crippen molar-refractivity contribution in [1.82, 2.24) is 15.2 Å². The molecule has 0 saturated carbocycles. The fourth-order valence-electron chi connectivity index (χ4n) is 3.10. The zero-order valence-corrected chi connectivity index (χ0v) is 14.8. The van der Waals surface area contributed by atoms with Crippen LogP contribution in [0.25, 0.3) is 10.9 Å². The van der Waals surface area contributed by atoms with Crippen LogP contribution in [0.4, 0.5) is 0 Å². The van der Waals surface area contributed by atoms with E-state index in [4.69, 9.17) is 4.42 Å². The van der Waals surface area contributed by atoms with Crippen LogP contribution < -0.4 is 5.32 Å². The zero-order valence-electron chi connectivity index (χ0n) is 14.8. The van der Waals surface area contributed by atoms with E-state index in [0.29, 0.717) is 13.0 Å². The molecule has 3 rings (SSSR count). The highest BCUT2D eigenvalue weighted by Crippen LogP contribution is 2.20. The van der Waals surface area contributed by atoms with Crippen LogP contribution in [0, 0.1) is 0 Å². The molecule has 1 atom stereocenters. The Balaban J connectivity index is 1.46. The van der Waals surface area contributed by atoms with Crippen LogP contribution in [-0.4, -0.2) is 36.4 Å². The molecule has 0 fully saturated rings. The van der Waals surface area contributed by atoms with Gasteiger partial charge in [0.25, 0.3) is 0 Å². The number of para-hydroxylation sites is 1. The first-order chi connectivity index (χ1) is 12.1. The lowest BCUT2D eigenvalue weighted by Gasteiger charge is -2.22. The van der Waals surface area contributed by atoms with Gasteiger partial charge in [0, 0.05) is 30.1 Å². The molecule has 0 spiro atoms. The van der Waals surface area contributed by atoms with E-state index < -0.39 is 0 Å². The molecule has 0 radical (unpaired) electrons. The summed E-state index contributed by atoms with van der Waals surface area (Å²) in [5.74, 6) is 0.947. The van der Waals surface area contributed by atoms with Crippen molar-refractivity contribution in [1.29, 1.82) is 0 Å². The molecule has 0 aliphatic rings. The Morgan fingerprint density at radius 2 is 2.08 bits per heavy atom. The van der Waals surface area contributed by atoms with E-state index in [-0.39, 0.29) is 11.9 Å². The third-order valence-corrected chi connectivity index (χ3v) is 4.51. The van der Waals surface area contributed by atoms with E-state index in [2.05, 4.69) is 22.4 Å². The number of aromatic nitrogens is 1. The molecule has 2 aromatic heterocycles. The van der Waals surface area contributed by atoms with Crippen molar-refractivity contribution in [2.24, 2.45) is 0 Å². The highest BCUT2D eigenvalue weighted by molar-refractivity contribution is 5.83. The Morgan fingerprint density at radius 1 is 1.24 bits per heavy atom. The van der Waals surface area contributed by atoms with Crippen LogP contribution in [0.1, 0.15) is 30.2 Å². The molecule has 132 valence electrons. The van der Waals surface area contributed by atoms with Crippen molar-refractivity contribution in [3.63, 3.8) is 0 Å². The van der Waals surface area contributed by atoms with Crippen molar-refractivity contribution < 1.29 is 9.21 Å². The molecule has 25 heavy (non-hydrogen) atoms. The Kier molecular flexibility index (Phi) is 5.56. The fraction of sp³-hybridized carbons (Fsp3) is 0.350. The van der Waals surface area contributed by atoms with Crippen molar-refractivity contribution in [3.8, 4) is 0 Å². The second kappa shape index (κ2) is 8.03. The summed E-state index contributed by atoms with van der Waals surface area (Å²) in [6.07, 6.45) is 5.96. The molecule has 0 saturated heterocycles. The Hall–Kier alpha value is -2.53. The van der Waals surface area contributed by atoms with Gasteiger partial charge in [0.2, 0.25) is 5.91 Å². The highest BCUT2D eigenvalue weighted by atomic mass is 16.3. The first kappa shape index (κ1) is 17.3. The maximum atomic E-state index is 12.2. The Bertz CT molecular complexity index is 805. The van der Waals surface area contributed by atoms with Crippen molar-refractivity contribution in [3.05, 3.63) is 60.2 Å². The van der Waals surface area contributed by atoms with Gasteiger partial charge < -0.3 is 14.7 Å². The summed E-state index contributed by atoms with van der Waals surface area (Å²) in [5, 5.41) is 4.27. The third kappa shape index (κ3) is 4.31. The van der Waals surface area contributed by atoms with Gasteiger partial charge in [0.15, 0.2) is 0 Å². The third-order valence-electron chi connectivity index (χ3n) is 4.51. The number of benzene rings is 1. The summed E-state index contributed by atoms with van der Waals surface area (Å²) >= 11 is 0. The maximum absolute atomic E-state index is 12.2. The summed E-state index contributed by atoms with van der Waals surface area (Å²) in [6, 6.07) is 12.1. The minimum Gasteiger partial charge on any atom is -0.468 e. The molecule has 5 heteroatoms. The number of rotatable bonds is 8. The van der Waals surface area contributed by atoms with Crippen molar-refractivity contribution in [2.75, 3.05) is 20.6 Å². The molecule has 2 N–H and O–H groups in total. The smallest absolute Gasteiger partial charge is 0.220 e. The van der Waals surface area contributed by atoms with Crippen LogP contribution in [0.3, 0.4) is 0 Å². The molecular weight excluding hydrogens is 314 g/mol. The molecule has 1 aromatic carbocycles. The van der Waals surface area contributed by atoms with Crippen LogP contribution in [0.15, 0.2) is 53.3 Å². The van der Waals surface area contributed by atoms with Gasteiger partial charge in [-0.3, -0.25) is 9.69 Å². The number of carbonyl (C=O) groups excluding carboxylic acids is 1. The molecule has 0 aliphatic heterocycles. The van der Waals surface area contributed by atoms with Gasteiger partial charge in [-0.25, -0.2) is 0 Å². The first-order valence-electron chi connectivity index (χ1n) is 8.66. The van der Waals surface area contributed by atoms with Crippen LogP contribution >= 0.6 is 0 Å². The van der Waals surface area contributed by atoms with Crippen molar-refractivity contribution in [2.45, 2.75) is 25.3 Å². The molecule has 0 unspecified atom stereocenters. The summed E-state index contributed by atoms with van der Waals surface area (Å²) in [6.45, 7) is 0.548. The topological polar surface area (TPSA) is 61.3 Å². The van der Waals surface area contributed by atoms with E-state index in [0.717, 1.165) is 24.1 Å². The van der Waals surface area contributed by atoms with Gasteiger partial charge in [0.05, 0.1) is 12.3 Å². The second-order valence-electron chi connectivity index (χ2n) is 6.51. The lowest BCUT2D eigenvalue weighted by molar-refractivity contribution is -0.121. The number of amides is 1. The second-order valence-corrected chi connectivity index (χ2v) is 6.51. The molecule has 5 nitrogen and oxygen atoms in total. The SMILES string of the molecule is CN(C)[C@@H](CNC(=O)CCCc1c[nH]c2ccccc12)c1ccco1. The first-order valence-corrected chi connectivity index (χ1v) is 8.66. The molecule has 0 aliphatic carbocycles. The van der Waals surface area contributed by atoms with Gasteiger partial charge in [-0.1, -0.05) is 18.2 Å². The number of aryl methyl sites for hydroxylation is 1. The number of furan rings is 1. The van der Waals surface area contributed by atoms with E-state index in [1.54, 1.807) is 6.26 Å². The van der Waals surface area contributed by atoms with E-state index in [1.165, 1.54) is 10.9 Å². The van der Waals surface area contributed by atoms with Crippen molar-refractivity contribution >= 4 is 16.8 Å². The lowest BCUT2D eigenvalue weighted by atomic mass is 10.1. The van der Waals surface area contributed by atoms with Crippen LogP contribution in [0.2, 0.25) is 0 Å². The predicted molar refractivity (Wildman–Crippen MR) is 99.4 cm³/mol. The number of hydrogen-bond acceptors (Lipinski definition) is 3. The summed E-state index contributed by atoms with van der Waals surface area (Å²) in [4.78, 5) is 17.5. The number of likely N-dealkylation sites (N-methyl/N-ethyl adjacent to an activating group) is 1. The predicted octanol–water partition coefficient (Wildman–Crippen LogP) is 3.50. The van der Waals surface area contributed by atoms with Gasteiger partial charge in [-0.05, 0) is 50.7 Å². The maximum Gasteiger partial charge on any atom is 0.220 e. The number of nitrogens with one attached hydrogen (secondary N) is 2. The van der Waals surface area contributed by atoms with E-state index in [1.807, 2.05) is 49.5 Å². The summed E-state index contributed by atoms with van der Waals surface area (Å²) in [7, 11) is 3.96. The molecule has 3 aromatic rings. The average molecular weight is 339 g/mol. The number of aromatic amines is 1. The van der Waals surface area contributed by atoms with Gasteiger partial charge in [0.1, 0.15) is 5.76 Å². The molecular formula is C20H25N3O2. The normalized spacial score (nSPS) is 12.6. The van der Waals surface area contributed by atoms with Gasteiger partial charge in [-0.15, -0.1) is 0 Å². The minimum absolute atomic E-state index is 0.0487. The molecule has 1 amide bonds. The van der Waals surface area contributed by atoms with E-state index >= 15 is 0 Å². The number of H-pyrrole nitrogens is 1. The highest BCUT2D eigenvalue weighted by Gasteiger charge is 2.17. The van der Waals surface area contributed by atoms with Gasteiger partial charge in [-0.2, -0.15) is 0 Å². The number of nitrogens with zero attached hydrogens (tertiary/aromatic N) is 1. The summed E-state index contributed by atoms with van der Waals surface area (Å²) < 4.78 is 5.46. The van der Waals surface area contributed by atoms with Gasteiger partial charge >= 0.3 is 0 Å². The standard InChI is InChI=1S/C20H25N3O2/c1-23(2)18(19-10-6-12-25-19)14-22-20(24)11-5-7-15-13-21-17-9-4-3-8-16(15)17/h3-4,6,8-10,12-13,18,21H,5,7,11,14H2,1-2H3,(H,22,24)/t18-/m0/s1. The monoisotopic (exact) mass is 339 g/mol. The summed E-state index contributed by atoms with van der Waals surface area (Å²) in [5.41, 5.74) is 2.42. The minimum atomic E-state index is 0.0487. The zero-order chi connectivity index (χ0) is 17.6. The Morgan fingerprint density at radius 3 is 2.84 bits per heavy atom. The number of fused-ring (bicyclic) bond motifs is 1.